The Labute approximate surface area is 118 Å². The van der Waals surface area contributed by atoms with Crippen molar-refractivity contribution in [3.63, 3.8) is 0 Å². The fraction of sp³-hybridized carbons (Fsp3) is 0.600. The lowest BCUT2D eigenvalue weighted by Crippen LogP contribution is -2.51. The Morgan fingerprint density at radius 1 is 1.47 bits per heavy atom. The van der Waals surface area contributed by atoms with E-state index in [1.54, 1.807) is 7.11 Å². The maximum absolute atomic E-state index is 6.39. The molecule has 4 heteroatoms. The highest BCUT2D eigenvalue weighted by Crippen LogP contribution is 2.48. The van der Waals surface area contributed by atoms with E-state index in [1.807, 2.05) is 30.0 Å². The third-order valence-electron chi connectivity index (χ3n) is 4.35. The zero-order valence-electron chi connectivity index (χ0n) is 11.5. The number of fused-ring (bicyclic) bond motifs is 1. The van der Waals surface area contributed by atoms with Crippen molar-refractivity contribution in [3.05, 3.63) is 23.8 Å². The molecule has 2 N–H and O–H groups in total. The highest BCUT2D eigenvalue weighted by Gasteiger charge is 2.45. The van der Waals surface area contributed by atoms with Crippen molar-refractivity contribution in [2.45, 2.75) is 43.1 Å². The molecular formula is C15H21NO2S. The predicted octanol–water partition coefficient (Wildman–Crippen LogP) is 3.13. The molecule has 1 aromatic carbocycles. The molecule has 1 aromatic rings. The van der Waals surface area contributed by atoms with Gasteiger partial charge in [0.1, 0.15) is 17.1 Å². The lowest BCUT2D eigenvalue weighted by atomic mass is 9.82. The maximum Gasteiger partial charge on any atom is 0.125 e. The highest BCUT2D eigenvalue weighted by atomic mass is 32.2. The topological polar surface area (TPSA) is 44.5 Å². The number of hydrogen-bond acceptors (Lipinski definition) is 4. The van der Waals surface area contributed by atoms with Gasteiger partial charge in [0.25, 0.3) is 0 Å². The van der Waals surface area contributed by atoms with Gasteiger partial charge >= 0.3 is 0 Å². The van der Waals surface area contributed by atoms with Gasteiger partial charge in [0, 0.05) is 23.3 Å². The van der Waals surface area contributed by atoms with Crippen LogP contribution in [0.15, 0.2) is 18.2 Å². The Morgan fingerprint density at radius 2 is 2.32 bits per heavy atom. The molecule has 2 aliphatic rings. The number of benzene rings is 1. The summed E-state index contributed by atoms with van der Waals surface area (Å²) in [5.74, 6) is 3.02. The van der Waals surface area contributed by atoms with E-state index in [9.17, 15) is 0 Å². The van der Waals surface area contributed by atoms with Gasteiger partial charge < -0.3 is 15.2 Å². The average Bonchev–Trinajstić information content (AvgIpc) is 2.42. The summed E-state index contributed by atoms with van der Waals surface area (Å²) in [6.07, 6.45) is 3.23. The molecule has 1 saturated heterocycles. The van der Waals surface area contributed by atoms with Gasteiger partial charge in [-0.05, 0) is 43.7 Å². The first-order valence-electron chi connectivity index (χ1n) is 6.89. The molecule has 104 valence electrons. The van der Waals surface area contributed by atoms with Crippen LogP contribution in [0.5, 0.6) is 11.5 Å². The summed E-state index contributed by atoms with van der Waals surface area (Å²) >= 11 is 2.00. The number of hydrogen-bond donors (Lipinski definition) is 1. The third-order valence-corrected chi connectivity index (χ3v) is 5.80. The van der Waals surface area contributed by atoms with Gasteiger partial charge in [0.05, 0.1) is 7.11 Å². The summed E-state index contributed by atoms with van der Waals surface area (Å²) in [5.41, 5.74) is 7.39. The largest absolute Gasteiger partial charge is 0.497 e. The second kappa shape index (κ2) is 4.91. The van der Waals surface area contributed by atoms with Crippen molar-refractivity contribution in [2.24, 2.45) is 5.73 Å². The summed E-state index contributed by atoms with van der Waals surface area (Å²) in [6, 6.07) is 6.00. The predicted molar refractivity (Wildman–Crippen MR) is 79.1 cm³/mol. The molecule has 0 radical (unpaired) electrons. The molecule has 19 heavy (non-hydrogen) atoms. The van der Waals surface area contributed by atoms with Crippen LogP contribution in [-0.2, 0) is 0 Å². The van der Waals surface area contributed by atoms with Gasteiger partial charge in [0.2, 0.25) is 0 Å². The minimum absolute atomic E-state index is 0.0417. The van der Waals surface area contributed by atoms with E-state index in [-0.39, 0.29) is 11.6 Å². The molecule has 3 nitrogen and oxygen atoms in total. The number of methoxy groups -OCH3 is 1. The van der Waals surface area contributed by atoms with Gasteiger partial charge in [-0.15, -0.1) is 0 Å². The molecule has 0 amide bonds. The van der Waals surface area contributed by atoms with Crippen molar-refractivity contribution < 1.29 is 9.47 Å². The van der Waals surface area contributed by atoms with E-state index in [1.165, 1.54) is 12.2 Å². The van der Waals surface area contributed by atoms with E-state index in [0.717, 1.165) is 29.9 Å². The van der Waals surface area contributed by atoms with Gasteiger partial charge in [-0.2, -0.15) is 11.8 Å². The van der Waals surface area contributed by atoms with E-state index in [4.69, 9.17) is 15.2 Å². The Balaban J connectivity index is 1.95. The van der Waals surface area contributed by atoms with Gasteiger partial charge in [-0.3, -0.25) is 0 Å². The van der Waals surface area contributed by atoms with Crippen molar-refractivity contribution in [1.82, 2.24) is 0 Å². The quantitative estimate of drug-likeness (QED) is 0.858. The summed E-state index contributed by atoms with van der Waals surface area (Å²) in [4.78, 5) is 0. The standard InChI is InChI=1S/C15H21NO2S/c1-10-15(6-3-7-19-10)9-13(16)12-8-11(17-2)4-5-14(12)18-15/h4-5,8,10,13H,3,6-7,9,16H2,1-2H3/t10?,13-,15?/m0/s1. The zero-order valence-corrected chi connectivity index (χ0v) is 12.3. The molecule has 1 fully saturated rings. The fourth-order valence-electron chi connectivity index (χ4n) is 3.17. The second-order valence-corrected chi connectivity index (χ2v) is 6.95. The van der Waals surface area contributed by atoms with Crippen molar-refractivity contribution >= 4 is 11.8 Å². The summed E-state index contributed by atoms with van der Waals surface area (Å²) < 4.78 is 11.7. The SMILES string of the molecule is COc1ccc2c(c1)[C@@H](N)CC1(CCCSC1C)O2. The van der Waals surface area contributed by atoms with Crippen LogP contribution >= 0.6 is 11.8 Å². The number of nitrogens with two attached hydrogens (primary N) is 1. The smallest absolute Gasteiger partial charge is 0.125 e. The van der Waals surface area contributed by atoms with Gasteiger partial charge in [-0.1, -0.05) is 0 Å². The Hall–Kier alpha value is -0.870. The van der Waals surface area contributed by atoms with Crippen LogP contribution in [0.2, 0.25) is 0 Å². The summed E-state index contributed by atoms with van der Waals surface area (Å²) in [5, 5.41) is 0.502. The lowest BCUT2D eigenvalue weighted by Gasteiger charge is -2.47. The molecule has 0 saturated carbocycles. The van der Waals surface area contributed by atoms with E-state index < -0.39 is 0 Å². The first kappa shape index (κ1) is 13.1. The van der Waals surface area contributed by atoms with Gasteiger partial charge in [-0.25, -0.2) is 0 Å². The van der Waals surface area contributed by atoms with Crippen molar-refractivity contribution in [1.29, 1.82) is 0 Å². The van der Waals surface area contributed by atoms with Crippen LogP contribution in [0.1, 0.15) is 37.8 Å². The second-order valence-electron chi connectivity index (χ2n) is 5.50. The Bertz CT molecular complexity index is 479. The summed E-state index contributed by atoms with van der Waals surface area (Å²) in [6.45, 7) is 2.27. The number of rotatable bonds is 1. The molecule has 1 spiro atoms. The molecule has 2 heterocycles. The molecule has 0 aromatic heterocycles. The number of thioether (sulfide) groups is 1. The first-order valence-corrected chi connectivity index (χ1v) is 7.94. The van der Waals surface area contributed by atoms with E-state index >= 15 is 0 Å². The minimum Gasteiger partial charge on any atom is -0.497 e. The molecular weight excluding hydrogens is 258 g/mol. The van der Waals surface area contributed by atoms with Gasteiger partial charge in [0.15, 0.2) is 0 Å². The fourth-order valence-corrected chi connectivity index (χ4v) is 4.40. The monoisotopic (exact) mass is 279 g/mol. The number of ether oxygens (including phenoxy) is 2. The zero-order chi connectivity index (χ0) is 13.5. The molecule has 2 aliphatic heterocycles. The average molecular weight is 279 g/mol. The molecule has 0 aliphatic carbocycles. The first-order chi connectivity index (χ1) is 9.14. The molecule has 3 rings (SSSR count). The van der Waals surface area contributed by atoms with Crippen LogP contribution in [0, 0.1) is 0 Å². The normalized spacial score (nSPS) is 33.6. The van der Waals surface area contributed by atoms with E-state index in [0.29, 0.717) is 5.25 Å². The van der Waals surface area contributed by atoms with Crippen molar-refractivity contribution in [2.75, 3.05) is 12.9 Å². The van der Waals surface area contributed by atoms with Crippen LogP contribution < -0.4 is 15.2 Å². The lowest BCUT2D eigenvalue weighted by molar-refractivity contribution is 0.0254. The van der Waals surface area contributed by atoms with Crippen LogP contribution in [0.3, 0.4) is 0 Å². The molecule has 3 atom stereocenters. The van der Waals surface area contributed by atoms with Crippen molar-refractivity contribution in [3.8, 4) is 11.5 Å². The molecule has 2 unspecified atom stereocenters. The third kappa shape index (κ3) is 2.21. The summed E-state index contributed by atoms with van der Waals surface area (Å²) in [7, 11) is 1.68. The molecule has 0 bridgehead atoms. The maximum atomic E-state index is 6.39. The highest BCUT2D eigenvalue weighted by molar-refractivity contribution is 8.00. The van der Waals surface area contributed by atoms with E-state index in [2.05, 4.69) is 6.92 Å². The Morgan fingerprint density at radius 3 is 3.05 bits per heavy atom. The minimum atomic E-state index is -0.0794. The van der Waals surface area contributed by atoms with Crippen LogP contribution in [-0.4, -0.2) is 23.7 Å². The van der Waals surface area contributed by atoms with Crippen LogP contribution in [0.25, 0.3) is 0 Å². The van der Waals surface area contributed by atoms with Crippen LogP contribution in [0.4, 0.5) is 0 Å². The Kier molecular flexibility index (Phi) is 3.39.